The van der Waals surface area contributed by atoms with E-state index < -0.39 is 12.5 Å². The fraction of sp³-hybridized carbons (Fsp3) is 0.333. The molecule has 64 valence electrons. The molecular formula is C9H11NO2. The summed E-state index contributed by atoms with van der Waals surface area (Å²) in [7, 11) is 1.69. The molecule has 1 heterocycles. The van der Waals surface area contributed by atoms with Gasteiger partial charge in [0.2, 0.25) is 0 Å². The van der Waals surface area contributed by atoms with Crippen LogP contribution in [-0.4, -0.2) is 22.2 Å². The van der Waals surface area contributed by atoms with E-state index in [1.54, 1.807) is 7.05 Å². The first-order valence-corrected chi connectivity index (χ1v) is 3.88. The number of rotatable bonds is 0. The summed E-state index contributed by atoms with van der Waals surface area (Å²) in [5.74, 6) is 0. The smallest absolute Gasteiger partial charge is 0.135 e. The molecule has 3 heteroatoms. The lowest BCUT2D eigenvalue weighted by molar-refractivity contribution is -0.0663. The van der Waals surface area contributed by atoms with E-state index in [4.69, 9.17) is 0 Å². The highest BCUT2D eigenvalue weighted by atomic mass is 16.3. The molecule has 12 heavy (non-hydrogen) atoms. The number of aliphatic hydroxyl groups excluding tert-OH is 2. The number of aliphatic hydroxyl groups is 2. The molecule has 0 bridgehead atoms. The lowest BCUT2D eigenvalue weighted by atomic mass is 10.1. The highest BCUT2D eigenvalue weighted by Crippen LogP contribution is 2.36. The van der Waals surface area contributed by atoms with Gasteiger partial charge in [-0.1, -0.05) is 24.3 Å². The normalized spacial score (nSPS) is 28.9. The van der Waals surface area contributed by atoms with Gasteiger partial charge in [0.15, 0.2) is 0 Å². The minimum atomic E-state index is -0.670. The van der Waals surface area contributed by atoms with Crippen LogP contribution in [0.25, 0.3) is 0 Å². The van der Waals surface area contributed by atoms with Crippen molar-refractivity contribution in [3.63, 3.8) is 0 Å². The Balaban J connectivity index is 2.52. The zero-order chi connectivity index (χ0) is 8.72. The lowest BCUT2D eigenvalue weighted by Gasteiger charge is -2.17. The second-order valence-electron chi connectivity index (χ2n) is 3.04. The van der Waals surface area contributed by atoms with E-state index in [1.807, 2.05) is 24.3 Å². The number of fused-ring (bicyclic) bond motifs is 1. The van der Waals surface area contributed by atoms with Crippen molar-refractivity contribution in [3.05, 3.63) is 35.4 Å². The highest BCUT2D eigenvalue weighted by Gasteiger charge is 2.32. The summed E-state index contributed by atoms with van der Waals surface area (Å²) in [6, 6.07) is 7.36. The van der Waals surface area contributed by atoms with Gasteiger partial charge in [-0.15, -0.1) is 0 Å². The van der Waals surface area contributed by atoms with E-state index in [2.05, 4.69) is 0 Å². The van der Waals surface area contributed by atoms with Crippen molar-refractivity contribution in [1.82, 2.24) is 4.90 Å². The molecule has 0 spiro atoms. The van der Waals surface area contributed by atoms with Crippen molar-refractivity contribution in [1.29, 1.82) is 0 Å². The average molecular weight is 165 g/mol. The van der Waals surface area contributed by atoms with Gasteiger partial charge in [-0.3, -0.25) is 0 Å². The van der Waals surface area contributed by atoms with E-state index in [0.29, 0.717) is 0 Å². The molecule has 3 nitrogen and oxygen atoms in total. The van der Waals surface area contributed by atoms with Gasteiger partial charge in [0.1, 0.15) is 12.5 Å². The van der Waals surface area contributed by atoms with Gasteiger partial charge in [0, 0.05) is 11.1 Å². The van der Waals surface area contributed by atoms with Crippen molar-refractivity contribution < 1.29 is 10.2 Å². The van der Waals surface area contributed by atoms with Gasteiger partial charge >= 0.3 is 0 Å². The molecule has 0 aliphatic carbocycles. The Hall–Kier alpha value is -0.900. The van der Waals surface area contributed by atoms with Crippen molar-refractivity contribution >= 4 is 0 Å². The Morgan fingerprint density at radius 2 is 1.50 bits per heavy atom. The van der Waals surface area contributed by atoms with Crippen LogP contribution in [0.4, 0.5) is 0 Å². The first-order chi connectivity index (χ1) is 5.72. The summed E-state index contributed by atoms with van der Waals surface area (Å²) < 4.78 is 0. The fourth-order valence-electron chi connectivity index (χ4n) is 1.55. The zero-order valence-electron chi connectivity index (χ0n) is 6.81. The molecule has 1 aromatic rings. The van der Waals surface area contributed by atoms with Crippen LogP contribution in [0.3, 0.4) is 0 Å². The monoisotopic (exact) mass is 165 g/mol. The zero-order valence-corrected chi connectivity index (χ0v) is 6.81. The third-order valence-corrected chi connectivity index (χ3v) is 2.32. The van der Waals surface area contributed by atoms with Crippen LogP contribution in [0, 0.1) is 0 Å². The molecule has 0 saturated heterocycles. The van der Waals surface area contributed by atoms with E-state index in [0.717, 1.165) is 11.1 Å². The summed E-state index contributed by atoms with van der Waals surface area (Å²) >= 11 is 0. The highest BCUT2D eigenvalue weighted by molar-refractivity contribution is 5.34. The van der Waals surface area contributed by atoms with Crippen LogP contribution in [0.15, 0.2) is 24.3 Å². The maximum atomic E-state index is 9.59. The SMILES string of the molecule is CN1C(O)c2ccccc2C1O. The molecule has 2 unspecified atom stereocenters. The molecular weight excluding hydrogens is 154 g/mol. The summed E-state index contributed by atoms with van der Waals surface area (Å²) in [5.41, 5.74) is 1.60. The predicted octanol–water partition coefficient (Wildman–Crippen LogP) is 0.614. The first kappa shape index (κ1) is 7.73. The summed E-state index contributed by atoms with van der Waals surface area (Å²) in [6.07, 6.45) is -1.34. The van der Waals surface area contributed by atoms with Crippen LogP contribution in [0.1, 0.15) is 23.6 Å². The summed E-state index contributed by atoms with van der Waals surface area (Å²) in [6.45, 7) is 0. The van der Waals surface area contributed by atoms with Crippen molar-refractivity contribution in [2.75, 3.05) is 7.05 Å². The molecule has 2 rings (SSSR count). The molecule has 0 radical (unpaired) electrons. The third kappa shape index (κ3) is 0.876. The Kier molecular flexibility index (Phi) is 1.65. The Bertz CT molecular complexity index is 271. The van der Waals surface area contributed by atoms with E-state index in [1.165, 1.54) is 4.90 Å². The van der Waals surface area contributed by atoms with Gasteiger partial charge < -0.3 is 10.2 Å². The maximum Gasteiger partial charge on any atom is 0.135 e. The molecule has 1 aromatic carbocycles. The second-order valence-corrected chi connectivity index (χ2v) is 3.04. The number of benzene rings is 1. The van der Waals surface area contributed by atoms with E-state index in [-0.39, 0.29) is 0 Å². The molecule has 1 aliphatic rings. The third-order valence-electron chi connectivity index (χ3n) is 2.32. The lowest BCUT2D eigenvalue weighted by Crippen LogP contribution is -2.20. The Morgan fingerprint density at radius 1 is 1.08 bits per heavy atom. The van der Waals surface area contributed by atoms with Gasteiger partial charge in [-0.2, -0.15) is 0 Å². The molecule has 0 fully saturated rings. The molecule has 0 saturated carbocycles. The topological polar surface area (TPSA) is 43.7 Å². The van der Waals surface area contributed by atoms with Crippen LogP contribution < -0.4 is 0 Å². The van der Waals surface area contributed by atoms with Gasteiger partial charge in [0.05, 0.1) is 0 Å². The summed E-state index contributed by atoms with van der Waals surface area (Å²) in [5, 5.41) is 19.2. The molecule has 2 atom stereocenters. The Labute approximate surface area is 70.9 Å². The van der Waals surface area contributed by atoms with Gasteiger partial charge in [-0.25, -0.2) is 4.90 Å². The average Bonchev–Trinajstić information content (AvgIpc) is 2.33. The summed E-state index contributed by atoms with van der Waals surface area (Å²) in [4.78, 5) is 1.52. The van der Waals surface area contributed by atoms with Crippen molar-refractivity contribution in [3.8, 4) is 0 Å². The predicted molar refractivity (Wildman–Crippen MR) is 44.1 cm³/mol. The van der Waals surface area contributed by atoms with E-state index in [9.17, 15) is 10.2 Å². The van der Waals surface area contributed by atoms with Crippen LogP contribution >= 0.6 is 0 Å². The standard InChI is InChI=1S/C9H11NO2/c1-10-8(11)6-4-2-3-5-7(6)9(10)12/h2-5,8-9,11-12H,1H3. The quantitative estimate of drug-likeness (QED) is 0.592. The number of hydrogen-bond donors (Lipinski definition) is 2. The Morgan fingerprint density at radius 3 is 1.92 bits per heavy atom. The number of nitrogens with zero attached hydrogens (tertiary/aromatic N) is 1. The van der Waals surface area contributed by atoms with Crippen LogP contribution in [0.5, 0.6) is 0 Å². The minimum absolute atomic E-state index is 0.670. The van der Waals surface area contributed by atoms with Crippen molar-refractivity contribution in [2.45, 2.75) is 12.5 Å². The first-order valence-electron chi connectivity index (χ1n) is 3.88. The second kappa shape index (κ2) is 2.55. The largest absolute Gasteiger partial charge is 0.374 e. The van der Waals surface area contributed by atoms with Gasteiger partial charge in [-0.05, 0) is 7.05 Å². The maximum absolute atomic E-state index is 9.59. The van der Waals surface area contributed by atoms with E-state index >= 15 is 0 Å². The molecule has 2 N–H and O–H groups in total. The van der Waals surface area contributed by atoms with Crippen LogP contribution in [-0.2, 0) is 0 Å². The van der Waals surface area contributed by atoms with Gasteiger partial charge in [0.25, 0.3) is 0 Å². The molecule has 0 amide bonds. The molecule has 1 aliphatic heterocycles. The number of hydrogen-bond acceptors (Lipinski definition) is 3. The minimum Gasteiger partial charge on any atom is -0.374 e. The van der Waals surface area contributed by atoms with Crippen molar-refractivity contribution in [2.24, 2.45) is 0 Å². The molecule has 0 aromatic heterocycles. The van der Waals surface area contributed by atoms with Crippen LogP contribution in [0.2, 0.25) is 0 Å². The fourth-order valence-corrected chi connectivity index (χ4v) is 1.55.